The summed E-state index contributed by atoms with van der Waals surface area (Å²) in [5, 5.41) is 1.92. The van der Waals surface area contributed by atoms with Crippen LogP contribution in [0.4, 0.5) is 19.7 Å². The Hall–Kier alpha value is -3.92. The molecule has 3 N–H and O–H groups in total. The number of carbonyl (C=O) groups excluding carboxylic acids is 5. The number of thioether (sulfide) groups is 1. The number of nitrogens with one attached hydrogen (secondary N) is 1. The molecule has 0 aromatic heterocycles. The van der Waals surface area contributed by atoms with Gasteiger partial charge in [-0.15, -0.1) is 0 Å². The lowest BCUT2D eigenvalue weighted by Crippen LogP contribution is -2.47. The van der Waals surface area contributed by atoms with Gasteiger partial charge in [-0.05, 0) is 59.7 Å². The van der Waals surface area contributed by atoms with E-state index in [2.05, 4.69) is 20.0 Å². The minimum Gasteiger partial charge on any atom is -0.468 e. The second kappa shape index (κ2) is 13.8. The minimum absolute atomic E-state index is 0.0436. The van der Waals surface area contributed by atoms with Gasteiger partial charge in [-0.2, -0.15) is 5.10 Å². The lowest BCUT2D eigenvalue weighted by molar-refractivity contribution is -0.158. The van der Waals surface area contributed by atoms with E-state index in [0.717, 1.165) is 25.2 Å². The number of methoxy groups -OCH3 is 2. The number of hydrazone groups is 1. The van der Waals surface area contributed by atoms with Crippen LogP contribution in [0.1, 0.15) is 47.1 Å². The van der Waals surface area contributed by atoms with Gasteiger partial charge in [0, 0.05) is 5.56 Å². The van der Waals surface area contributed by atoms with Crippen molar-refractivity contribution in [2.24, 2.45) is 10.8 Å². The van der Waals surface area contributed by atoms with Crippen LogP contribution in [-0.4, -0.2) is 84.5 Å². The van der Waals surface area contributed by atoms with Crippen molar-refractivity contribution >= 4 is 52.6 Å². The van der Waals surface area contributed by atoms with Gasteiger partial charge in [0.2, 0.25) is 5.25 Å². The summed E-state index contributed by atoms with van der Waals surface area (Å²) in [6, 6.07) is 2.21. The van der Waals surface area contributed by atoms with Crippen molar-refractivity contribution in [1.82, 2.24) is 5.43 Å². The van der Waals surface area contributed by atoms with Gasteiger partial charge in [-0.25, -0.2) is 19.4 Å². The van der Waals surface area contributed by atoms with Crippen molar-refractivity contribution in [3.63, 3.8) is 0 Å². The average molecular weight is 615 g/mol. The van der Waals surface area contributed by atoms with Gasteiger partial charge in [0.15, 0.2) is 0 Å². The molecule has 1 fully saturated rings. The predicted molar refractivity (Wildman–Crippen MR) is 149 cm³/mol. The van der Waals surface area contributed by atoms with Crippen molar-refractivity contribution in [1.29, 1.82) is 0 Å². The third-order valence-corrected chi connectivity index (χ3v) is 6.27. The summed E-state index contributed by atoms with van der Waals surface area (Å²) in [6.45, 7) is 9.64. The first-order valence-corrected chi connectivity index (χ1v) is 13.4. The highest BCUT2D eigenvalue weighted by Gasteiger charge is 2.41. The fourth-order valence-electron chi connectivity index (χ4n) is 3.32. The zero-order chi connectivity index (χ0) is 32.0. The fraction of sp³-hybridized carbons (Fsp3) is 0.538. The topological polar surface area (TPSA) is 185 Å². The average Bonchev–Trinajstić information content (AvgIpc) is 3.27. The number of halogens is 1. The molecule has 42 heavy (non-hydrogen) atoms. The summed E-state index contributed by atoms with van der Waals surface area (Å²) in [7, 11) is 2.09. The lowest BCUT2D eigenvalue weighted by Gasteiger charge is -2.24. The number of amides is 2. The molecule has 2 amide bonds. The molecule has 0 radical (unpaired) electrons. The van der Waals surface area contributed by atoms with E-state index in [0.29, 0.717) is 11.8 Å². The van der Waals surface area contributed by atoms with Crippen molar-refractivity contribution in [3.8, 4) is 0 Å². The smallest absolute Gasteiger partial charge is 0.428 e. The highest BCUT2D eigenvalue weighted by Crippen LogP contribution is 2.29. The summed E-state index contributed by atoms with van der Waals surface area (Å²) in [5.74, 6) is -3.75. The van der Waals surface area contributed by atoms with E-state index in [4.69, 9.17) is 19.9 Å². The molecular weight excluding hydrogens is 579 g/mol. The number of nitrogens with two attached hydrogens (primary N) is 1. The molecule has 1 aliphatic rings. The van der Waals surface area contributed by atoms with Gasteiger partial charge < -0.3 is 29.4 Å². The molecule has 16 heteroatoms. The highest BCUT2D eigenvalue weighted by molar-refractivity contribution is 8.16. The molecule has 1 saturated heterocycles. The molecule has 1 aliphatic heterocycles. The Labute approximate surface area is 246 Å². The van der Waals surface area contributed by atoms with Crippen molar-refractivity contribution in [2.75, 3.05) is 25.7 Å². The second-order valence-electron chi connectivity index (χ2n) is 10.8. The van der Waals surface area contributed by atoms with E-state index < -0.39 is 64.5 Å². The Morgan fingerprint density at radius 2 is 1.62 bits per heavy atom. The monoisotopic (exact) mass is 614 g/mol. The molecule has 0 saturated carbocycles. The van der Waals surface area contributed by atoms with Crippen LogP contribution in [0, 0.1) is 5.82 Å². The maximum absolute atomic E-state index is 15.5. The summed E-state index contributed by atoms with van der Waals surface area (Å²) in [5.41, 5.74) is 6.14. The molecule has 232 valence electrons. The van der Waals surface area contributed by atoms with E-state index in [1.54, 1.807) is 41.5 Å². The minimum atomic E-state index is -1.62. The summed E-state index contributed by atoms with van der Waals surface area (Å²) < 4.78 is 40.4. The van der Waals surface area contributed by atoms with E-state index in [1.807, 2.05) is 0 Å². The summed E-state index contributed by atoms with van der Waals surface area (Å²) in [4.78, 5) is 62.7. The van der Waals surface area contributed by atoms with Gasteiger partial charge in [0.25, 0.3) is 0 Å². The zero-order valence-corrected chi connectivity index (χ0v) is 25.3. The number of cyclic esters (lactones) is 1. The standard InChI is InChI=1S/C26H35FN4O10S/c1-25(2,3)40-20(32)17(28)16-12-31(24(36)39-16)13-9-10-14(15(27)11-13)19(29-30-23(35)41-26(4,5)6)42-18(21(33)37-7)22(34)38-8/h9-11,16-18H,12,28H2,1-8H3,(H,30,35)/b29-19+/t16?,17-/m0/s1. The summed E-state index contributed by atoms with van der Waals surface area (Å²) in [6.07, 6.45) is -2.93. The fourth-order valence-corrected chi connectivity index (χ4v) is 4.31. The highest BCUT2D eigenvalue weighted by atomic mass is 32.2. The van der Waals surface area contributed by atoms with Gasteiger partial charge in [0.05, 0.1) is 26.5 Å². The number of anilines is 1. The number of carbonyl (C=O) groups is 5. The van der Waals surface area contributed by atoms with E-state index >= 15 is 4.39 Å². The Balaban J connectivity index is 2.38. The lowest BCUT2D eigenvalue weighted by atomic mass is 10.1. The molecule has 1 heterocycles. The first kappa shape index (κ1) is 34.3. The van der Waals surface area contributed by atoms with E-state index in [1.165, 1.54) is 12.1 Å². The Kier molecular flexibility index (Phi) is 11.3. The molecule has 1 aromatic carbocycles. The number of rotatable bonds is 8. The molecule has 1 aromatic rings. The molecular formula is C26H35FN4O10S. The molecule has 0 bridgehead atoms. The van der Waals surface area contributed by atoms with Gasteiger partial charge >= 0.3 is 30.1 Å². The van der Waals surface area contributed by atoms with Gasteiger partial charge in [-0.1, -0.05) is 11.8 Å². The SMILES string of the molecule is COC(=O)C(S/C(=N/NC(=O)OC(C)(C)C)c1ccc(N2CC([C@H](N)C(=O)OC(C)(C)C)OC2=O)cc1F)C(=O)OC. The quantitative estimate of drug-likeness (QED) is 0.109. The maximum Gasteiger partial charge on any atom is 0.428 e. The van der Waals surface area contributed by atoms with Crippen molar-refractivity contribution in [2.45, 2.75) is 70.1 Å². The van der Waals surface area contributed by atoms with Crippen LogP contribution in [0.15, 0.2) is 23.3 Å². The first-order chi connectivity index (χ1) is 19.4. The van der Waals surface area contributed by atoms with E-state index in [9.17, 15) is 24.0 Å². The number of hydrogen-bond acceptors (Lipinski definition) is 13. The number of hydrogen-bond donors (Lipinski definition) is 2. The number of benzene rings is 1. The molecule has 2 rings (SSSR count). The maximum atomic E-state index is 15.5. The van der Waals surface area contributed by atoms with Crippen LogP contribution in [0.3, 0.4) is 0 Å². The second-order valence-corrected chi connectivity index (χ2v) is 11.9. The number of ether oxygens (including phenoxy) is 5. The number of nitrogens with zero attached hydrogens (tertiary/aromatic N) is 2. The number of esters is 3. The Morgan fingerprint density at radius 3 is 2.12 bits per heavy atom. The normalized spacial score (nSPS) is 16.5. The van der Waals surface area contributed by atoms with Crippen LogP contribution >= 0.6 is 11.8 Å². The van der Waals surface area contributed by atoms with Crippen molar-refractivity contribution in [3.05, 3.63) is 29.6 Å². The molecule has 0 spiro atoms. The predicted octanol–water partition coefficient (Wildman–Crippen LogP) is 2.45. The molecule has 0 aliphatic carbocycles. The van der Waals surface area contributed by atoms with E-state index in [-0.39, 0.29) is 22.8 Å². The molecule has 14 nitrogen and oxygen atoms in total. The van der Waals surface area contributed by atoms with Gasteiger partial charge in [0.1, 0.15) is 34.2 Å². The summed E-state index contributed by atoms with van der Waals surface area (Å²) >= 11 is 0.450. The third-order valence-electron chi connectivity index (χ3n) is 5.12. The Bertz CT molecular complexity index is 1230. The molecule has 2 atom stereocenters. The zero-order valence-electron chi connectivity index (χ0n) is 24.5. The van der Waals surface area contributed by atoms with Crippen molar-refractivity contribution < 1.29 is 52.0 Å². The van der Waals surface area contributed by atoms with Crippen LogP contribution in [0.5, 0.6) is 0 Å². The van der Waals surface area contributed by atoms with Gasteiger partial charge in [-0.3, -0.25) is 19.3 Å². The van der Waals surface area contributed by atoms with Crippen LogP contribution < -0.4 is 16.1 Å². The molecule has 1 unspecified atom stereocenters. The van der Waals surface area contributed by atoms with Crippen LogP contribution in [-0.2, 0) is 38.1 Å². The third kappa shape index (κ3) is 9.58. The largest absolute Gasteiger partial charge is 0.468 e. The van der Waals surface area contributed by atoms with Crippen LogP contribution in [0.25, 0.3) is 0 Å². The van der Waals surface area contributed by atoms with Crippen LogP contribution in [0.2, 0.25) is 0 Å². The first-order valence-electron chi connectivity index (χ1n) is 12.5. The Morgan fingerprint density at radius 1 is 1.05 bits per heavy atom.